The van der Waals surface area contributed by atoms with Crippen LogP contribution in [0.3, 0.4) is 0 Å². The molecule has 24 heavy (non-hydrogen) atoms. The van der Waals surface area contributed by atoms with Gasteiger partial charge in [-0.1, -0.05) is 6.92 Å². The van der Waals surface area contributed by atoms with Gasteiger partial charge < -0.3 is 14.5 Å². The van der Waals surface area contributed by atoms with Crippen molar-refractivity contribution < 1.29 is 18.7 Å². The topological polar surface area (TPSA) is 81.4 Å². The number of anilines is 1. The number of carbonyl (C=O) groups excluding carboxylic acids is 2. The quantitative estimate of drug-likeness (QED) is 0.725. The Morgan fingerprint density at radius 2 is 1.88 bits per heavy atom. The fourth-order valence-electron chi connectivity index (χ4n) is 2.17. The molecule has 2 aromatic carbocycles. The minimum Gasteiger partial charge on any atom is -0.462 e. The molecule has 0 unspecified atom stereocenters. The first-order valence-corrected chi connectivity index (χ1v) is 7.59. The molecule has 0 atom stereocenters. The third kappa shape index (κ3) is 3.43. The summed E-state index contributed by atoms with van der Waals surface area (Å²) in [7, 11) is 0. The number of nitrogens with zero attached hydrogens (tertiary/aromatic N) is 1. The van der Waals surface area contributed by atoms with Gasteiger partial charge >= 0.3 is 5.97 Å². The summed E-state index contributed by atoms with van der Waals surface area (Å²) in [5.41, 5.74) is 2.76. The number of amides is 1. The van der Waals surface area contributed by atoms with Crippen LogP contribution in [0.4, 0.5) is 5.69 Å². The molecule has 0 fully saturated rings. The number of esters is 1. The van der Waals surface area contributed by atoms with Crippen molar-refractivity contribution in [2.24, 2.45) is 0 Å². The maximum atomic E-state index is 12.3. The van der Waals surface area contributed by atoms with E-state index < -0.39 is 0 Å². The second kappa shape index (κ2) is 6.95. The van der Waals surface area contributed by atoms with Crippen molar-refractivity contribution in [2.45, 2.75) is 13.3 Å². The molecule has 1 heterocycles. The Morgan fingerprint density at radius 3 is 2.62 bits per heavy atom. The van der Waals surface area contributed by atoms with Crippen molar-refractivity contribution in [1.29, 1.82) is 0 Å². The van der Waals surface area contributed by atoms with Crippen LogP contribution in [0.25, 0.3) is 11.1 Å². The zero-order chi connectivity index (χ0) is 16.9. The van der Waals surface area contributed by atoms with Crippen molar-refractivity contribution in [1.82, 2.24) is 4.98 Å². The van der Waals surface area contributed by atoms with Gasteiger partial charge in [-0.15, -0.1) is 0 Å². The van der Waals surface area contributed by atoms with E-state index in [1.165, 1.54) is 6.39 Å². The number of fused-ring (bicyclic) bond motifs is 1. The van der Waals surface area contributed by atoms with Gasteiger partial charge in [0.2, 0.25) is 0 Å². The second-order valence-electron chi connectivity index (χ2n) is 5.20. The molecule has 3 aromatic rings. The fourth-order valence-corrected chi connectivity index (χ4v) is 2.17. The number of ether oxygens (including phenoxy) is 1. The maximum Gasteiger partial charge on any atom is 0.338 e. The van der Waals surface area contributed by atoms with Gasteiger partial charge in [-0.05, 0) is 48.9 Å². The lowest BCUT2D eigenvalue weighted by Gasteiger charge is -2.07. The molecule has 1 N–H and O–H groups in total. The van der Waals surface area contributed by atoms with Gasteiger partial charge in [0.15, 0.2) is 12.0 Å². The number of oxazole rings is 1. The van der Waals surface area contributed by atoms with Crippen LogP contribution >= 0.6 is 0 Å². The Hall–Kier alpha value is -3.15. The summed E-state index contributed by atoms with van der Waals surface area (Å²) in [6.07, 6.45) is 2.11. The number of carbonyl (C=O) groups is 2. The molecule has 0 bridgehead atoms. The van der Waals surface area contributed by atoms with Crippen LogP contribution in [-0.2, 0) is 4.74 Å². The molecule has 6 heteroatoms. The molecular formula is C18H16N2O4. The highest BCUT2D eigenvalue weighted by molar-refractivity contribution is 6.06. The standard InChI is InChI=1S/C18H16N2O4/c1-2-9-23-18(22)12-3-6-14(7-4-12)20-17(21)13-5-8-16-15(10-13)19-11-24-16/h3-8,10-11H,2,9H2,1H3,(H,20,21). The lowest BCUT2D eigenvalue weighted by atomic mass is 10.1. The van der Waals surface area contributed by atoms with E-state index in [2.05, 4.69) is 10.3 Å². The molecule has 1 amide bonds. The van der Waals surface area contributed by atoms with Gasteiger partial charge in [-0.2, -0.15) is 0 Å². The van der Waals surface area contributed by atoms with Crippen LogP contribution < -0.4 is 5.32 Å². The third-order valence-electron chi connectivity index (χ3n) is 3.41. The average Bonchev–Trinajstić information content (AvgIpc) is 3.08. The van der Waals surface area contributed by atoms with Gasteiger partial charge in [0, 0.05) is 11.3 Å². The number of hydrogen-bond donors (Lipinski definition) is 1. The van der Waals surface area contributed by atoms with E-state index in [1.807, 2.05) is 6.92 Å². The molecule has 122 valence electrons. The van der Waals surface area contributed by atoms with Crippen molar-refractivity contribution >= 4 is 28.7 Å². The van der Waals surface area contributed by atoms with E-state index in [-0.39, 0.29) is 11.9 Å². The van der Waals surface area contributed by atoms with Crippen molar-refractivity contribution in [3.8, 4) is 0 Å². The molecule has 0 saturated carbocycles. The highest BCUT2D eigenvalue weighted by atomic mass is 16.5. The second-order valence-corrected chi connectivity index (χ2v) is 5.20. The molecule has 1 aromatic heterocycles. The van der Waals surface area contributed by atoms with Crippen molar-refractivity contribution in [3.63, 3.8) is 0 Å². The number of nitrogens with one attached hydrogen (secondary N) is 1. The summed E-state index contributed by atoms with van der Waals surface area (Å²) < 4.78 is 10.2. The molecule has 6 nitrogen and oxygen atoms in total. The van der Waals surface area contributed by atoms with E-state index in [0.717, 1.165) is 6.42 Å². The fraction of sp³-hybridized carbons (Fsp3) is 0.167. The molecule has 0 aliphatic rings. The summed E-state index contributed by atoms with van der Waals surface area (Å²) in [5.74, 6) is -0.632. The molecule has 0 aliphatic heterocycles. The van der Waals surface area contributed by atoms with Crippen LogP contribution in [0.5, 0.6) is 0 Å². The minimum atomic E-state index is -0.369. The molecule has 3 rings (SSSR count). The summed E-state index contributed by atoms with van der Waals surface area (Å²) in [4.78, 5) is 28.0. The zero-order valence-electron chi connectivity index (χ0n) is 13.1. The smallest absolute Gasteiger partial charge is 0.338 e. The van der Waals surface area contributed by atoms with Gasteiger partial charge in [0.05, 0.1) is 12.2 Å². The number of hydrogen-bond acceptors (Lipinski definition) is 5. The monoisotopic (exact) mass is 324 g/mol. The van der Waals surface area contributed by atoms with Gasteiger partial charge in [0.1, 0.15) is 5.52 Å². The minimum absolute atomic E-state index is 0.263. The summed E-state index contributed by atoms with van der Waals surface area (Å²) >= 11 is 0. The lowest BCUT2D eigenvalue weighted by molar-refractivity contribution is 0.0505. The molecule has 0 spiro atoms. The predicted molar refractivity (Wildman–Crippen MR) is 89.0 cm³/mol. The molecule has 0 radical (unpaired) electrons. The van der Waals surface area contributed by atoms with Crippen LogP contribution in [0, 0.1) is 0 Å². The largest absolute Gasteiger partial charge is 0.462 e. The summed E-state index contributed by atoms with van der Waals surface area (Å²) in [6, 6.07) is 11.6. The number of rotatable bonds is 5. The van der Waals surface area contributed by atoms with Crippen LogP contribution in [0.1, 0.15) is 34.1 Å². The summed E-state index contributed by atoms with van der Waals surface area (Å²) in [6.45, 7) is 2.32. The van der Waals surface area contributed by atoms with Crippen LogP contribution in [0.15, 0.2) is 53.3 Å². The Labute approximate surface area is 138 Å². The highest BCUT2D eigenvalue weighted by Crippen LogP contribution is 2.16. The van der Waals surface area contributed by atoms with E-state index in [9.17, 15) is 9.59 Å². The third-order valence-corrected chi connectivity index (χ3v) is 3.41. The zero-order valence-corrected chi connectivity index (χ0v) is 13.1. The van der Waals surface area contributed by atoms with Crippen LogP contribution in [0.2, 0.25) is 0 Å². The normalized spacial score (nSPS) is 10.5. The van der Waals surface area contributed by atoms with Crippen molar-refractivity contribution in [2.75, 3.05) is 11.9 Å². The van der Waals surface area contributed by atoms with Gasteiger partial charge in [-0.3, -0.25) is 4.79 Å². The Balaban J connectivity index is 1.68. The van der Waals surface area contributed by atoms with Gasteiger partial charge in [-0.25, -0.2) is 9.78 Å². The maximum absolute atomic E-state index is 12.3. The predicted octanol–water partition coefficient (Wildman–Crippen LogP) is 3.65. The average molecular weight is 324 g/mol. The Bertz CT molecular complexity index is 868. The lowest BCUT2D eigenvalue weighted by Crippen LogP contribution is -2.12. The van der Waals surface area contributed by atoms with E-state index in [0.29, 0.717) is 34.5 Å². The summed E-state index contributed by atoms with van der Waals surface area (Å²) in [5, 5.41) is 2.77. The molecule has 0 saturated heterocycles. The van der Waals surface area contributed by atoms with Crippen LogP contribution in [-0.4, -0.2) is 23.5 Å². The first kappa shape index (κ1) is 15.7. The van der Waals surface area contributed by atoms with E-state index in [4.69, 9.17) is 9.15 Å². The molecular weight excluding hydrogens is 308 g/mol. The molecule has 0 aliphatic carbocycles. The van der Waals surface area contributed by atoms with Crippen molar-refractivity contribution in [3.05, 3.63) is 60.0 Å². The SMILES string of the molecule is CCCOC(=O)c1ccc(NC(=O)c2ccc3ocnc3c2)cc1. The Kier molecular flexibility index (Phi) is 4.56. The first-order valence-electron chi connectivity index (χ1n) is 7.59. The van der Waals surface area contributed by atoms with E-state index >= 15 is 0 Å². The van der Waals surface area contributed by atoms with Gasteiger partial charge in [0.25, 0.3) is 5.91 Å². The number of benzene rings is 2. The first-order chi connectivity index (χ1) is 11.7. The number of aromatic nitrogens is 1. The Morgan fingerprint density at radius 1 is 1.12 bits per heavy atom. The highest BCUT2D eigenvalue weighted by Gasteiger charge is 2.10. The van der Waals surface area contributed by atoms with E-state index in [1.54, 1.807) is 42.5 Å².